The van der Waals surface area contributed by atoms with Gasteiger partial charge in [0.05, 0.1) is 11.4 Å². The molecule has 0 saturated carbocycles. The quantitative estimate of drug-likeness (QED) is 0.119. The van der Waals surface area contributed by atoms with Crippen LogP contribution in [-0.2, 0) is 0 Å². The molecule has 0 atom stereocenters. The summed E-state index contributed by atoms with van der Waals surface area (Å²) in [6.45, 7) is 0. The molecular formula is C58H38N2. The Hall–Kier alpha value is -7.94. The van der Waals surface area contributed by atoms with Crippen molar-refractivity contribution in [3.8, 4) is 78.4 Å². The van der Waals surface area contributed by atoms with E-state index in [9.17, 15) is 0 Å². The number of fused-ring (bicyclic) bond motifs is 4. The second-order valence-corrected chi connectivity index (χ2v) is 15.3. The van der Waals surface area contributed by atoms with Crippen LogP contribution < -0.4 is 0 Å². The molecule has 11 aromatic rings. The zero-order chi connectivity index (χ0) is 39.8. The van der Waals surface area contributed by atoms with Crippen LogP contribution in [0.1, 0.15) is 0 Å². The molecule has 1 aromatic heterocycles. The van der Waals surface area contributed by atoms with E-state index in [1.54, 1.807) is 0 Å². The van der Waals surface area contributed by atoms with Crippen LogP contribution in [-0.4, -0.2) is 9.97 Å². The van der Waals surface area contributed by atoms with Crippen molar-refractivity contribution in [1.82, 2.24) is 9.97 Å². The smallest absolute Gasteiger partial charge is 0.160 e. The molecule has 0 saturated heterocycles. The van der Waals surface area contributed by atoms with E-state index in [1.807, 2.05) is 0 Å². The zero-order valence-electron chi connectivity index (χ0n) is 32.8. The predicted octanol–water partition coefficient (Wildman–Crippen LogP) is 15.6. The molecule has 10 aromatic carbocycles. The number of benzene rings is 10. The normalized spacial score (nSPS) is 11.3. The number of rotatable bonds is 7. The molecule has 0 fully saturated rings. The van der Waals surface area contributed by atoms with Gasteiger partial charge in [0.15, 0.2) is 5.82 Å². The molecule has 0 unspecified atom stereocenters. The van der Waals surface area contributed by atoms with Crippen molar-refractivity contribution in [2.24, 2.45) is 0 Å². The van der Waals surface area contributed by atoms with Gasteiger partial charge in [-0.1, -0.05) is 218 Å². The third-order valence-electron chi connectivity index (χ3n) is 11.7. The van der Waals surface area contributed by atoms with Gasteiger partial charge in [-0.25, -0.2) is 9.97 Å². The SMILES string of the molecule is c1ccc(-c2ccc(-c3ccccc3-c3cc(-c4ccccc4-c4ccccc4)nc(-c4ccc(-c5c6ccccc6cc6c5ccc5ccccc56)cc4)n3)cc2)cc1. The van der Waals surface area contributed by atoms with Gasteiger partial charge in [0.25, 0.3) is 0 Å². The highest BCUT2D eigenvalue weighted by molar-refractivity contribution is 6.20. The number of hydrogen-bond acceptors (Lipinski definition) is 2. The first-order chi connectivity index (χ1) is 29.7. The molecule has 2 nitrogen and oxygen atoms in total. The lowest BCUT2D eigenvalue weighted by atomic mass is 9.89. The molecule has 0 N–H and O–H groups in total. The fourth-order valence-electron chi connectivity index (χ4n) is 8.78. The van der Waals surface area contributed by atoms with Crippen molar-refractivity contribution in [1.29, 1.82) is 0 Å². The van der Waals surface area contributed by atoms with Crippen molar-refractivity contribution in [2.45, 2.75) is 0 Å². The summed E-state index contributed by atoms with van der Waals surface area (Å²) < 4.78 is 0. The minimum atomic E-state index is 0.680. The molecule has 0 spiro atoms. The van der Waals surface area contributed by atoms with E-state index in [-0.39, 0.29) is 0 Å². The molecule has 0 aliphatic carbocycles. The lowest BCUT2D eigenvalue weighted by Crippen LogP contribution is -1.98. The summed E-state index contributed by atoms with van der Waals surface area (Å²) in [5, 5.41) is 7.48. The van der Waals surface area contributed by atoms with Gasteiger partial charge in [0.2, 0.25) is 0 Å². The van der Waals surface area contributed by atoms with Gasteiger partial charge in [-0.05, 0) is 89.0 Å². The van der Waals surface area contributed by atoms with Crippen molar-refractivity contribution in [2.75, 3.05) is 0 Å². The summed E-state index contributed by atoms with van der Waals surface area (Å²) in [5.74, 6) is 0.680. The van der Waals surface area contributed by atoms with Crippen LogP contribution in [0, 0.1) is 0 Å². The maximum atomic E-state index is 5.38. The van der Waals surface area contributed by atoms with Crippen molar-refractivity contribution in [3.05, 3.63) is 231 Å². The Morgan fingerprint density at radius 3 is 1.33 bits per heavy atom. The van der Waals surface area contributed by atoms with Gasteiger partial charge in [-0.3, -0.25) is 0 Å². The Kier molecular flexibility index (Phi) is 8.87. The molecule has 0 aliphatic heterocycles. The van der Waals surface area contributed by atoms with Crippen LogP contribution in [0.25, 0.3) is 111 Å². The Balaban J connectivity index is 1.07. The third-order valence-corrected chi connectivity index (χ3v) is 11.7. The molecule has 2 heteroatoms. The Bertz CT molecular complexity index is 3330. The van der Waals surface area contributed by atoms with E-state index in [2.05, 4.69) is 231 Å². The van der Waals surface area contributed by atoms with Crippen LogP contribution in [0.3, 0.4) is 0 Å². The fraction of sp³-hybridized carbons (Fsp3) is 0. The van der Waals surface area contributed by atoms with Crippen LogP contribution >= 0.6 is 0 Å². The molecule has 0 amide bonds. The van der Waals surface area contributed by atoms with Gasteiger partial charge in [-0.15, -0.1) is 0 Å². The molecule has 11 rings (SSSR count). The lowest BCUT2D eigenvalue weighted by molar-refractivity contribution is 1.18. The van der Waals surface area contributed by atoms with Crippen LogP contribution in [0.2, 0.25) is 0 Å². The number of nitrogens with zero attached hydrogens (tertiary/aromatic N) is 2. The first-order valence-electron chi connectivity index (χ1n) is 20.5. The second kappa shape index (κ2) is 15.1. The lowest BCUT2D eigenvalue weighted by Gasteiger charge is -2.16. The molecule has 0 bridgehead atoms. The summed E-state index contributed by atoms with van der Waals surface area (Å²) in [6, 6.07) is 82.3. The highest BCUT2D eigenvalue weighted by Crippen LogP contribution is 2.41. The average Bonchev–Trinajstić information content (AvgIpc) is 3.34. The van der Waals surface area contributed by atoms with Crippen molar-refractivity contribution < 1.29 is 0 Å². The highest BCUT2D eigenvalue weighted by Gasteiger charge is 2.18. The third kappa shape index (κ3) is 6.41. The molecular weight excluding hydrogens is 725 g/mol. The molecule has 60 heavy (non-hydrogen) atoms. The summed E-state index contributed by atoms with van der Waals surface area (Å²) >= 11 is 0. The molecule has 1 heterocycles. The van der Waals surface area contributed by atoms with E-state index in [4.69, 9.17) is 9.97 Å². The molecule has 0 radical (unpaired) electrons. The minimum Gasteiger partial charge on any atom is -0.228 e. The van der Waals surface area contributed by atoms with E-state index < -0.39 is 0 Å². The van der Waals surface area contributed by atoms with E-state index >= 15 is 0 Å². The summed E-state index contributed by atoms with van der Waals surface area (Å²) in [6.07, 6.45) is 0. The van der Waals surface area contributed by atoms with Crippen LogP contribution in [0.4, 0.5) is 0 Å². The number of hydrogen-bond donors (Lipinski definition) is 0. The van der Waals surface area contributed by atoms with Gasteiger partial charge in [0, 0.05) is 16.7 Å². The Labute approximate surface area is 349 Å². The van der Waals surface area contributed by atoms with E-state index in [1.165, 1.54) is 49.0 Å². The van der Waals surface area contributed by atoms with Gasteiger partial charge in [-0.2, -0.15) is 0 Å². The monoisotopic (exact) mass is 762 g/mol. The number of aromatic nitrogens is 2. The first kappa shape index (κ1) is 35.2. The maximum absolute atomic E-state index is 5.38. The van der Waals surface area contributed by atoms with Gasteiger partial charge >= 0.3 is 0 Å². The summed E-state index contributed by atoms with van der Waals surface area (Å²) in [7, 11) is 0. The summed E-state index contributed by atoms with van der Waals surface area (Å²) in [5.41, 5.74) is 14.1. The van der Waals surface area contributed by atoms with Crippen molar-refractivity contribution in [3.63, 3.8) is 0 Å². The first-order valence-corrected chi connectivity index (χ1v) is 20.5. The largest absolute Gasteiger partial charge is 0.228 e. The van der Waals surface area contributed by atoms with E-state index in [0.29, 0.717) is 5.82 Å². The Morgan fingerprint density at radius 2 is 0.683 bits per heavy atom. The maximum Gasteiger partial charge on any atom is 0.160 e. The topological polar surface area (TPSA) is 25.8 Å². The van der Waals surface area contributed by atoms with E-state index in [0.717, 1.165) is 55.9 Å². The fourth-order valence-corrected chi connectivity index (χ4v) is 8.78. The minimum absolute atomic E-state index is 0.680. The molecule has 0 aliphatic rings. The predicted molar refractivity (Wildman–Crippen MR) is 253 cm³/mol. The summed E-state index contributed by atoms with van der Waals surface area (Å²) in [4.78, 5) is 10.7. The average molecular weight is 763 g/mol. The highest BCUT2D eigenvalue weighted by atomic mass is 14.9. The second-order valence-electron chi connectivity index (χ2n) is 15.3. The van der Waals surface area contributed by atoms with Crippen LogP contribution in [0.5, 0.6) is 0 Å². The standard InChI is InChI=1S/C58H38N2/c1-3-15-39(16-4-1)40-27-29-43(30-28-40)48-22-12-14-26-52(48)56-38-55(51-25-13-11-21-47(51)41-17-5-2-6-18-41)59-58(60-56)45-33-31-44(32-34-45)57-50-24-10-8-20-46(50)37-54-49-23-9-7-19-42(49)35-36-53(54)57/h1-38H. The van der Waals surface area contributed by atoms with Crippen molar-refractivity contribution >= 4 is 32.3 Å². The zero-order valence-corrected chi connectivity index (χ0v) is 32.8. The van der Waals surface area contributed by atoms with Gasteiger partial charge in [0.1, 0.15) is 0 Å². The van der Waals surface area contributed by atoms with Crippen LogP contribution in [0.15, 0.2) is 231 Å². The Morgan fingerprint density at radius 1 is 0.233 bits per heavy atom. The van der Waals surface area contributed by atoms with Gasteiger partial charge < -0.3 is 0 Å². The molecule has 280 valence electrons.